The summed E-state index contributed by atoms with van der Waals surface area (Å²) in [7, 11) is 0. The summed E-state index contributed by atoms with van der Waals surface area (Å²) in [5, 5.41) is 9.48. The van der Waals surface area contributed by atoms with E-state index in [1.807, 2.05) is 6.08 Å². The Morgan fingerprint density at radius 2 is 2.09 bits per heavy atom. The van der Waals surface area contributed by atoms with Crippen LogP contribution in [0.4, 0.5) is 0 Å². The zero-order chi connectivity index (χ0) is 7.68. The first-order valence-corrected chi connectivity index (χ1v) is 4.10. The molecule has 2 rings (SSSR count). The molecule has 0 saturated heterocycles. The molecule has 0 aromatic heterocycles. The van der Waals surface area contributed by atoms with Crippen LogP contribution in [0, 0.1) is 11.8 Å². The third kappa shape index (κ3) is 1.11. The standard InChI is InChI=1S/C10H12O/c11-10-7-3-5-8-4-1-2-6-9(8)10/h1-3,5,7-9,11H,4,6H2. The van der Waals surface area contributed by atoms with Crippen LogP contribution >= 0.6 is 0 Å². The van der Waals surface area contributed by atoms with Crippen molar-refractivity contribution in [3.05, 3.63) is 36.1 Å². The van der Waals surface area contributed by atoms with Crippen LogP contribution < -0.4 is 0 Å². The van der Waals surface area contributed by atoms with Crippen molar-refractivity contribution in [3.63, 3.8) is 0 Å². The second-order valence-electron chi connectivity index (χ2n) is 3.19. The number of aliphatic hydroxyl groups excluding tert-OH is 1. The Kier molecular flexibility index (Phi) is 1.57. The number of allylic oxidation sites excluding steroid dienone is 6. The van der Waals surface area contributed by atoms with Gasteiger partial charge in [-0.15, -0.1) is 0 Å². The normalized spacial score (nSPS) is 34.7. The van der Waals surface area contributed by atoms with E-state index in [1.54, 1.807) is 6.08 Å². The fourth-order valence-electron chi connectivity index (χ4n) is 1.81. The Bertz CT molecular complexity index is 235. The van der Waals surface area contributed by atoms with Crippen LogP contribution in [-0.4, -0.2) is 5.11 Å². The zero-order valence-corrected chi connectivity index (χ0v) is 6.40. The van der Waals surface area contributed by atoms with Crippen molar-refractivity contribution >= 4 is 0 Å². The van der Waals surface area contributed by atoms with Crippen molar-refractivity contribution < 1.29 is 5.11 Å². The van der Waals surface area contributed by atoms with E-state index in [-0.39, 0.29) is 0 Å². The van der Waals surface area contributed by atoms with E-state index < -0.39 is 0 Å². The van der Waals surface area contributed by atoms with Crippen LogP contribution in [0.25, 0.3) is 0 Å². The smallest absolute Gasteiger partial charge is 0.0962 e. The Balaban J connectivity index is 2.25. The van der Waals surface area contributed by atoms with Gasteiger partial charge in [-0.1, -0.05) is 24.3 Å². The lowest BCUT2D eigenvalue weighted by molar-refractivity contribution is 0.278. The summed E-state index contributed by atoms with van der Waals surface area (Å²) in [4.78, 5) is 0. The minimum atomic E-state index is 0.366. The third-order valence-electron chi connectivity index (χ3n) is 2.49. The first kappa shape index (κ1) is 6.71. The maximum atomic E-state index is 9.48. The van der Waals surface area contributed by atoms with Gasteiger partial charge in [-0.05, 0) is 24.8 Å². The van der Waals surface area contributed by atoms with Gasteiger partial charge in [0.1, 0.15) is 0 Å². The van der Waals surface area contributed by atoms with Gasteiger partial charge in [0, 0.05) is 5.92 Å². The minimum Gasteiger partial charge on any atom is -0.512 e. The van der Waals surface area contributed by atoms with Gasteiger partial charge in [0.25, 0.3) is 0 Å². The fraction of sp³-hybridized carbons (Fsp3) is 0.400. The van der Waals surface area contributed by atoms with Gasteiger partial charge >= 0.3 is 0 Å². The van der Waals surface area contributed by atoms with Gasteiger partial charge in [0.2, 0.25) is 0 Å². The average molecular weight is 148 g/mol. The maximum Gasteiger partial charge on any atom is 0.0962 e. The van der Waals surface area contributed by atoms with Gasteiger partial charge in [-0.2, -0.15) is 0 Å². The molecule has 1 N–H and O–H groups in total. The maximum absolute atomic E-state index is 9.48. The lowest BCUT2D eigenvalue weighted by Gasteiger charge is -2.27. The summed E-state index contributed by atoms with van der Waals surface area (Å²) >= 11 is 0. The first-order chi connectivity index (χ1) is 5.38. The summed E-state index contributed by atoms with van der Waals surface area (Å²) in [6.45, 7) is 0. The lowest BCUT2D eigenvalue weighted by atomic mass is 9.79. The van der Waals surface area contributed by atoms with Crippen LogP contribution in [0.3, 0.4) is 0 Å². The molecule has 0 fully saturated rings. The van der Waals surface area contributed by atoms with Crippen molar-refractivity contribution in [1.82, 2.24) is 0 Å². The Morgan fingerprint density at radius 1 is 1.27 bits per heavy atom. The number of aliphatic hydroxyl groups is 1. The van der Waals surface area contributed by atoms with E-state index in [0.29, 0.717) is 17.6 Å². The molecule has 2 aliphatic rings. The highest BCUT2D eigenvalue weighted by atomic mass is 16.3. The molecule has 0 bridgehead atoms. The van der Waals surface area contributed by atoms with Gasteiger partial charge < -0.3 is 5.11 Å². The van der Waals surface area contributed by atoms with E-state index in [2.05, 4.69) is 18.2 Å². The van der Waals surface area contributed by atoms with Crippen molar-refractivity contribution in [2.24, 2.45) is 11.8 Å². The molecule has 0 saturated carbocycles. The van der Waals surface area contributed by atoms with Gasteiger partial charge in [-0.3, -0.25) is 0 Å². The topological polar surface area (TPSA) is 20.2 Å². The molecule has 0 aliphatic heterocycles. The number of rotatable bonds is 0. The van der Waals surface area contributed by atoms with Gasteiger partial charge in [0.15, 0.2) is 0 Å². The van der Waals surface area contributed by atoms with E-state index in [9.17, 15) is 5.11 Å². The molecule has 0 aromatic rings. The van der Waals surface area contributed by atoms with E-state index in [1.165, 1.54) is 0 Å². The summed E-state index contributed by atoms with van der Waals surface area (Å²) in [5.74, 6) is 1.47. The molecule has 0 radical (unpaired) electrons. The molecule has 0 spiro atoms. The molecule has 2 aliphatic carbocycles. The molecule has 0 amide bonds. The molecular formula is C10H12O. The summed E-state index contributed by atoms with van der Waals surface area (Å²) in [6.07, 6.45) is 12.4. The summed E-state index contributed by atoms with van der Waals surface area (Å²) in [6, 6.07) is 0. The second-order valence-corrected chi connectivity index (χ2v) is 3.19. The number of fused-ring (bicyclic) bond motifs is 1. The largest absolute Gasteiger partial charge is 0.512 e. The quantitative estimate of drug-likeness (QED) is 0.523. The summed E-state index contributed by atoms with van der Waals surface area (Å²) in [5.41, 5.74) is 0. The highest BCUT2D eigenvalue weighted by Crippen LogP contribution is 2.33. The van der Waals surface area contributed by atoms with Crippen molar-refractivity contribution in [2.45, 2.75) is 12.8 Å². The second kappa shape index (κ2) is 2.57. The lowest BCUT2D eigenvalue weighted by Crippen LogP contribution is -2.18. The minimum absolute atomic E-state index is 0.366. The van der Waals surface area contributed by atoms with Crippen LogP contribution in [0.15, 0.2) is 36.1 Å². The fourth-order valence-corrected chi connectivity index (χ4v) is 1.81. The van der Waals surface area contributed by atoms with Gasteiger partial charge in [0.05, 0.1) is 5.76 Å². The van der Waals surface area contributed by atoms with Crippen LogP contribution in [0.5, 0.6) is 0 Å². The van der Waals surface area contributed by atoms with Crippen molar-refractivity contribution in [2.75, 3.05) is 0 Å². The van der Waals surface area contributed by atoms with Crippen LogP contribution in [0.1, 0.15) is 12.8 Å². The number of hydrogen-bond donors (Lipinski definition) is 1. The molecule has 2 atom stereocenters. The van der Waals surface area contributed by atoms with E-state index in [4.69, 9.17) is 0 Å². The van der Waals surface area contributed by atoms with Crippen LogP contribution in [0.2, 0.25) is 0 Å². The molecule has 1 heteroatoms. The third-order valence-corrected chi connectivity index (χ3v) is 2.49. The molecule has 0 aromatic carbocycles. The predicted octanol–water partition coefficient (Wildman–Crippen LogP) is 2.58. The Morgan fingerprint density at radius 3 is 2.91 bits per heavy atom. The Hall–Kier alpha value is -0.980. The van der Waals surface area contributed by atoms with Crippen molar-refractivity contribution in [3.8, 4) is 0 Å². The van der Waals surface area contributed by atoms with Gasteiger partial charge in [-0.25, -0.2) is 0 Å². The number of hydrogen-bond acceptors (Lipinski definition) is 1. The van der Waals surface area contributed by atoms with Crippen LogP contribution in [-0.2, 0) is 0 Å². The Labute approximate surface area is 66.7 Å². The summed E-state index contributed by atoms with van der Waals surface area (Å²) < 4.78 is 0. The van der Waals surface area contributed by atoms with E-state index >= 15 is 0 Å². The predicted molar refractivity (Wildman–Crippen MR) is 45.2 cm³/mol. The zero-order valence-electron chi connectivity index (χ0n) is 6.40. The molecular weight excluding hydrogens is 136 g/mol. The SMILES string of the molecule is OC1=CC=CC2CC=CCC12. The first-order valence-electron chi connectivity index (χ1n) is 4.10. The highest BCUT2D eigenvalue weighted by molar-refractivity contribution is 5.21. The monoisotopic (exact) mass is 148 g/mol. The van der Waals surface area contributed by atoms with E-state index in [0.717, 1.165) is 12.8 Å². The molecule has 2 unspecified atom stereocenters. The highest BCUT2D eigenvalue weighted by Gasteiger charge is 2.24. The molecule has 11 heavy (non-hydrogen) atoms. The molecule has 1 nitrogen and oxygen atoms in total. The average Bonchev–Trinajstić information content (AvgIpc) is 2.06. The molecule has 58 valence electrons. The van der Waals surface area contributed by atoms with Crippen molar-refractivity contribution in [1.29, 1.82) is 0 Å². The molecule has 0 heterocycles.